The van der Waals surface area contributed by atoms with Crippen LogP contribution in [0.1, 0.15) is 36.3 Å². The van der Waals surface area contributed by atoms with Gasteiger partial charge in [0.25, 0.3) is 0 Å². The monoisotopic (exact) mass is 223 g/mol. The van der Waals surface area contributed by atoms with Crippen LogP contribution in [0.2, 0.25) is 0 Å². The number of hydrogen-bond donors (Lipinski definition) is 2. The number of rotatable bonds is 4. The van der Waals surface area contributed by atoms with Crippen molar-refractivity contribution in [2.45, 2.75) is 31.8 Å². The molecular formula is C10H13N3O3. The molecule has 6 heteroatoms. The first-order chi connectivity index (χ1) is 7.59. The summed E-state index contributed by atoms with van der Waals surface area (Å²) < 4.78 is 1.22. The average molecular weight is 223 g/mol. The normalized spacial score (nSPS) is 16.8. The van der Waals surface area contributed by atoms with Gasteiger partial charge in [-0.1, -0.05) is 0 Å². The fourth-order valence-electron chi connectivity index (χ4n) is 1.45. The molecular weight excluding hydrogens is 210 g/mol. The summed E-state index contributed by atoms with van der Waals surface area (Å²) in [4.78, 5) is 22.6. The standard InChI is InChI=1S/C10H13N3O3/c1-6(9(14)12-7-2-3-7)13-8(10(15)16)4-5-11-13/h4-7H,2-3H2,1H3,(H,12,14)(H,15,16). The van der Waals surface area contributed by atoms with Gasteiger partial charge in [0.1, 0.15) is 11.7 Å². The first-order valence-electron chi connectivity index (χ1n) is 5.17. The van der Waals surface area contributed by atoms with Crippen molar-refractivity contribution in [3.8, 4) is 0 Å². The third kappa shape index (κ3) is 2.05. The molecule has 1 unspecified atom stereocenters. The summed E-state index contributed by atoms with van der Waals surface area (Å²) in [5.74, 6) is -1.27. The van der Waals surface area contributed by atoms with Crippen molar-refractivity contribution in [2.24, 2.45) is 0 Å². The number of amides is 1. The van der Waals surface area contributed by atoms with Gasteiger partial charge in [-0.2, -0.15) is 5.10 Å². The molecule has 1 heterocycles. The third-order valence-corrected chi connectivity index (χ3v) is 2.56. The van der Waals surface area contributed by atoms with Crippen LogP contribution in [0.4, 0.5) is 0 Å². The predicted molar refractivity (Wildman–Crippen MR) is 55.1 cm³/mol. The molecule has 1 atom stereocenters. The summed E-state index contributed by atoms with van der Waals surface area (Å²) in [5.41, 5.74) is 0.0263. The van der Waals surface area contributed by atoms with Crippen LogP contribution in [0.15, 0.2) is 12.3 Å². The first-order valence-corrected chi connectivity index (χ1v) is 5.17. The van der Waals surface area contributed by atoms with E-state index in [2.05, 4.69) is 10.4 Å². The number of carbonyl (C=O) groups is 2. The minimum atomic E-state index is -1.08. The fraction of sp³-hybridized carbons (Fsp3) is 0.500. The molecule has 2 N–H and O–H groups in total. The average Bonchev–Trinajstić information content (AvgIpc) is 2.91. The van der Waals surface area contributed by atoms with Gasteiger partial charge in [-0.15, -0.1) is 0 Å². The zero-order valence-corrected chi connectivity index (χ0v) is 8.88. The van der Waals surface area contributed by atoms with Crippen LogP contribution in [0.5, 0.6) is 0 Å². The maximum Gasteiger partial charge on any atom is 0.354 e. The summed E-state index contributed by atoms with van der Waals surface area (Å²) in [6.07, 6.45) is 3.39. The largest absolute Gasteiger partial charge is 0.477 e. The second-order valence-electron chi connectivity index (χ2n) is 3.93. The summed E-state index contributed by atoms with van der Waals surface area (Å²) in [6, 6.07) is 1.05. The molecule has 0 spiro atoms. The molecule has 1 saturated carbocycles. The van der Waals surface area contributed by atoms with Crippen LogP contribution < -0.4 is 5.32 Å². The summed E-state index contributed by atoms with van der Waals surface area (Å²) in [5, 5.41) is 15.6. The number of aromatic nitrogens is 2. The molecule has 1 fully saturated rings. The smallest absolute Gasteiger partial charge is 0.354 e. The van der Waals surface area contributed by atoms with Crippen LogP contribution >= 0.6 is 0 Å². The van der Waals surface area contributed by atoms with Gasteiger partial charge >= 0.3 is 5.97 Å². The van der Waals surface area contributed by atoms with Crippen LogP contribution in [-0.4, -0.2) is 32.8 Å². The molecule has 1 aliphatic rings. The van der Waals surface area contributed by atoms with E-state index in [4.69, 9.17) is 5.11 Å². The molecule has 0 aliphatic heterocycles. The topological polar surface area (TPSA) is 84.2 Å². The SMILES string of the molecule is CC(C(=O)NC1CC1)n1nccc1C(=O)O. The fourth-order valence-corrected chi connectivity index (χ4v) is 1.45. The molecule has 1 aromatic heterocycles. The highest BCUT2D eigenvalue weighted by atomic mass is 16.4. The molecule has 86 valence electrons. The van der Waals surface area contributed by atoms with Gasteiger partial charge in [0.15, 0.2) is 0 Å². The number of carboxylic acid groups (broad SMARTS) is 1. The van der Waals surface area contributed by atoms with Gasteiger partial charge < -0.3 is 10.4 Å². The van der Waals surface area contributed by atoms with Crippen molar-refractivity contribution >= 4 is 11.9 Å². The van der Waals surface area contributed by atoms with E-state index >= 15 is 0 Å². The van der Waals surface area contributed by atoms with Gasteiger partial charge in [0, 0.05) is 12.2 Å². The lowest BCUT2D eigenvalue weighted by atomic mass is 10.3. The zero-order valence-electron chi connectivity index (χ0n) is 8.88. The Morgan fingerprint density at radius 2 is 2.31 bits per heavy atom. The van der Waals surface area contributed by atoms with Gasteiger partial charge in [0.2, 0.25) is 5.91 Å². The van der Waals surface area contributed by atoms with Crippen molar-refractivity contribution in [2.75, 3.05) is 0 Å². The Labute approximate surface area is 92.3 Å². The zero-order chi connectivity index (χ0) is 11.7. The minimum Gasteiger partial charge on any atom is -0.477 e. The van der Waals surface area contributed by atoms with Gasteiger partial charge in [-0.05, 0) is 25.8 Å². The number of aromatic carboxylic acids is 1. The Morgan fingerprint density at radius 1 is 1.62 bits per heavy atom. The van der Waals surface area contributed by atoms with E-state index in [0.29, 0.717) is 0 Å². The second-order valence-corrected chi connectivity index (χ2v) is 3.93. The van der Waals surface area contributed by atoms with E-state index in [1.807, 2.05) is 0 Å². The molecule has 0 aromatic carbocycles. The Morgan fingerprint density at radius 3 is 2.88 bits per heavy atom. The van der Waals surface area contributed by atoms with E-state index < -0.39 is 12.0 Å². The van der Waals surface area contributed by atoms with Gasteiger partial charge in [-0.3, -0.25) is 4.79 Å². The van der Waals surface area contributed by atoms with Crippen molar-refractivity contribution in [3.63, 3.8) is 0 Å². The number of nitrogens with one attached hydrogen (secondary N) is 1. The van der Waals surface area contributed by atoms with Crippen molar-refractivity contribution in [1.82, 2.24) is 15.1 Å². The lowest BCUT2D eigenvalue weighted by Gasteiger charge is -2.13. The van der Waals surface area contributed by atoms with E-state index in [9.17, 15) is 9.59 Å². The van der Waals surface area contributed by atoms with Crippen LogP contribution in [0.3, 0.4) is 0 Å². The third-order valence-electron chi connectivity index (χ3n) is 2.56. The molecule has 0 bridgehead atoms. The Kier molecular flexibility index (Phi) is 2.64. The van der Waals surface area contributed by atoms with Gasteiger partial charge in [-0.25, -0.2) is 9.48 Å². The molecule has 6 nitrogen and oxygen atoms in total. The number of hydrogen-bond acceptors (Lipinski definition) is 3. The highest BCUT2D eigenvalue weighted by Gasteiger charge is 2.27. The number of nitrogens with zero attached hydrogens (tertiary/aromatic N) is 2. The Balaban J connectivity index is 2.12. The molecule has 1 aliphatic carbocycles. The minimum absolute atomic E-state index is 0.0263. The molecule has 0 radical (unpaired) electrons. The van der Waals surface area contributed by atoms with Gasteiger partial charge in [0.05, 0.1) is 0 Å². The second kappa shape index (κ2) is 3.96. The molecule has 1 aromatic rings. The summed E-state index contributed by atoms with van der Waals surface area (Å²) in [7, 11) is 0. The Hall–Kier alpha value is -1.85. The first kappa shape index (κ1) is 10.7. The summed E-state index contributed by atoms with van der Waals surface area (Å²) >= 11 is 0. The van der Waals surface area contributed by atoms with Crippen molar-refractivity contribution in [1.29, 1.82) is 0 Å². The molecule has 16 heavy (non-hydrogen) atoms. The lowest BCUT2D eigenvalue weighted by Crippen LogP contribution is -2.34. The summed E-state index contributed by atoms with van der Waals surface area (Å²) in [6.45, 7) is 1.64. The Bertz CT molecular complexity index is 423. The highest BCUT2D eigenvalue weighted by Crippen LogP contribution is 2.20. The number of carboxylic acids is 1. The van der Waals surface area contributed by atoms with E-state index in [1.54, 1.807) is 6.92 Å². The van der Waals surface area contributed by atoms with Crippen LogP contribution in [0.25, 0.3) is 0 Å². The van der Waals surface area contributed by atoms with Crippen molar-refractivity contribution in [3.05, 3.63) is 18.0 Å². The van der Waals surface area contributed by atoms with E-state index in [-0.39, 0.29) is 17.6 Å². The van der Waals surface area contributed by atoms with E-state index in [1.165, 1.54) is 16.9 Å². The number of carbonyl (C=O) groups excluding carboxylic acids is 1. The lowest BCUT2D eigenvalue weighted by molar-refractivity contribution is -0.124. The molecule has 2 rings (SSSR count). The highest BCUT2D eigenvalue weighted by molar-refractivity contribution is 5.87. The molecule has 0 saturated heterocycles. The molecule has 1 amide bonds. The van der Waals surface area contributed by atoms with Crippen LogP contribution in [0, 0.1) is 0 Å². The van der Waals surface area contributed by atoms with Crippen LogP contribution in [-0.2, 0) is 4.79 Å². The van der Waals surface area contributed by atoms with Crippen molar-refractivity contribution < 1.29 is 14.7 Å². The predicted octanol–water partition coefficient (Wildman–Crippen LogP) is 0.421. The quantitative estimate of drug-likeness (QED) is 0.774. The maximum atomic E-state index is 11.7. The maximum absolute atomic E-state index is 11.7. The van der Waals surface area contributed by atoms with E-state index in [0.717, 1.165) is 12.8 Å².